The summed E-state index contributed by atoms with van der Waals surface area (Å²) in [5.41, 5.74) is -1.00. The van der Waals surface area contributed by atoms with Crippen LogP contribution in [0.15, 0.2) is 17.5 Å². The van der Waals surface area contributed by atoms with Gasteiger partial charge in [0.25, 0.3) is 0 Å². The molecule has 0 radical (unpaired) electrons. The molecule has 0 aromatic carbocycles. The number of carbonyl (C=O) groups is 1. The van der Waals surface area contributed by atoms with E-state index in [1.54, 1.807) is 6.92 Å². The molecule has 2 rings (SSSR count). The molecule has 100 valence electrons. The van der Waals surface area contributed by atoms with Crippen LogP contribution in [-0.2, 0) is 15.1 Å². The number of amides is 1. The molecule has 5 heteroatoms. The highest BCUT2D eigenvalue weighted by Gasteiger charge is 2.44. The first kappa shape index (κ1) is 13.5. The summed E-state index contributed by atoms with van der Waals surface area (Å²) in [5.74, 6) is -0.0608. The van der Waals surface area contributed by atoms with E-state index >= 15 is 0 Å². The molecule has 0 bridgehead atoms. The lowest BCUT2D eigenvalue weighted by atomic mass is 10.1. The van der Waals surface area contributed by atoms with Gasteiger partial charge in [-0.25, -0.2) is 0 Å². The van der Waals surface area contributed by atoms with Crippen molar-refractivity contribution in [1.82, 2.24) is 5.32 Å². The molecule has 1 aliphatic rings. The highest BCUT2D eigenvalue weighted by atomic mass is 32.1. The van der Waals surface area contributed by atoms with E-state index in [0.717, 1.165) is 11.3 Å². The maximum Gasteiger partial charge on any atom is 0.225 e. The topological polar surface area (TPSA) is 58.6 Å². The summed E-state index contributed by atoms with van der Waals surface area (Å²) in [6, 6.07) is 3.76. The van der Waals surface area contributed by atoms with Crippen molar-refractivity contribution in [2.45, 2.75) is 32.0 Å². The van der Waals surface area contributed by atoms with Gasteiger partial charge in [-0.15, -0.1) is 11.3 Å². The molecule has 18 heavy (non-hydrogen) atoms. The Bertz CT molecular complexity index is 402. The number of nitrogens with one attached hydrogen (secondary N) is 1. The van der Waals surface area contributed by atoms with E-state index in [4.69, 9.17) is 4.74 Å². The van der Waals surface area contributed by atoms with E-state index in [-0.39, 0.29) is 24.5 Å². The minimum absolute atomic E-state index is 0.0229. The zero-order valence-corrected chi connectivity index (χ0v) is 11.5. The van der Waals surface area contributed by atoms with Crippen LogP contribution in [0.2, 0.25) is 0 Å². The second-order valence-electron chi connectivity index (χ2n) is 4.80. The van der Waals surface area contributed by atoms with Crippen LogP contribution in [0.1, 0.15) is 25.1 Å². The molecule has 1 aliphatic carbocycles. The van der Waals surface area contributed by atoms with Crippen LogP contribution in [0, 0.1) is 5.92 Å². The highest BCUT2D eigenvalue weighted by Crippen LogP contribution is 2.34. The maximum atomic E-state index is 11.8. The van der Waals surface area contributed by atoms with Crippen LogP contribution >= 0.6 is 11.3 Å². The van der Waals surface area contributed by atoms with Gasteiger partial charge in [0.2, 0.25) is 5.91 Å². The summed E-state index contributed by atoms with van der Waals surface area (Å²) < 4.78 is 5.37. The van der Waals surface area contributed by atoms with Crippen molar-refractivity contribution in [3.05, 3.63) is 22.4 Å². The van der Waals surface area contributed by atoms with Gasteiger partial charge in [0.05, 0.1) is 18.6 Å². The molecule has 0 aliphatic heterocycles. The summed E-state index contributed by atoms with van der Waals surface area (Å²) in [6.45, 7) is 4.52. The molecule has 3 atom stereocenters. The minimum Gasteiger partial charge on any atom is -0.383 e. The summed E-state index contributed by atoms with van der Waals surface area (Å²) in [4.78, 5) is 12.7. The third-order valence-corrected chi connectivity index (χ3v) is 4.23. The van der Waals surface area contributed by atoms with Crippen LogP contribution in [0.4, 0.5) is 0 Å². The fourth-order valence-corrected chi connectivity index (χ4v) is 2.70. The highest BCUT2D eigenvalue weighted by molar-refractivity contribution is 7.10. The number of aliphatic hydroxyl groups is 1. The van der Waals surface area contributed by atoms with Crippen molar-refractivity contribution in [3.63, 3.8) is 0 Å². The van der Waals surface area contributed by atoms with E-state index in [2.05, 4.69) is 5.32 Å². The predicted molar refractivity (Wildman–Crippen MR) is 70.4 cm³/mol. The first-order chi connectivity index (χ1) is 8.54. The van der Waals surface area contributed by atoms with Gasteiger partial charge in [-0.05, 0) is 31.7 Å². The summed E-state index contributed by atoms with van der Waals surface area (Å²) in [7, 11) is 0. The molecule has 1 amide bonds. The van der Waals surface area contributed by atoms with E-state index in [0.29, 0.717) is 6.61 Å². The van der Waals surface area contributed by atoms with E-state index in [1.807, 2.05) is 24.4 Å². The monoisotopic (exact) mass is 269 g/mol. The molecule has 1 aromatic heterocycles. The van der Waals surface area contributed by atoms with Gasteiger partial charge in [0.1, 0.15) is 5.60 Å². The maximum absolute atomic E-state index is 11.8. The smallest absolute Gasteiger partial charge is 0.225 e. The minimum atomic E-state index is -1.00. The SMILES string of the molecule is CCOC1CC1C(=O)NCC(C)(O)c1cccs1. The first-order valence-corrected chi connectivity index (χ1v) is 7.08. The Hall–Kier alpha value is -0.910. The Kier molecular flexibility index (Phi) is 4.04. The molecular weight excluding hydrogens is 250 g/mol. The lowest BCUT2D eigenvalue weighted by molar-refractivity contribution is -0.124. The zero-order chi connectivity index (χ0) is 13.2. The third kappa shape index (κ3) is 3.10. The standard InChI is InChI=1S/C13H19NO3S/c1-3-17-10-7-9(10)12(15)14-8-13(2,16)11-5-4-6-18-11/h4-6,9-10,16H,3,7-8H2,1-2H3,(H,14,15). The molecule has 1 heterocycles. The predicted octanol–water partition coefficient (Wildman–Crippen LogP) is 1.50. The van der Waals surface area contributed by atoms with Crippen molar-refractivity contribution < 1.29 is 14.6 Å². The molecule has 3 unspecified atom stereocenters. The molecule has 1 saturated carbocycles. The zero-order valence-electron chi connectivity index (χ0n) is 10.7. The lowest BCUT2D eigenvalue weighted by Gasteiger charge is -2.22. The molecule has 2 N–H and O–H groups in total. The van der Waals surface area contributed by atoms with Crippen molar-refractivity contribution in [1.29, 1.82) is 0 Å². The van der Waals surface area contributed by atoms with Gasteiger partial charge < -0.3 is 15.2 Å². The van der Waals surface area contributed by atoms with Gasteiger partial charge >= 0.3 is 0 Å². The van der Waals surface area contributed by atoms with E-state index < -0.39 is 5.60 Å². The van der Waals surface area contributed by atoms with Crippen LogP contribution in [0.25, 0.3) is 0 Å². The summed E-state index contributed by atoms with van der Waals surface area (Å²) in [5, 5.41) is 15.0. The van der Waals surface area contributed by atoms with Gasteiger partial charge in [0.15, 0.2) is 0 Å². The van der Waals surface area contributed by atoms with Gasteiger partial charge in [0, 0.05) is 11.5 Å². The van der Waals surface area contributed by atoms with Crippen molar-refractivity contribution in [2.24, 2.45) is 5.92 Å². The Balaban J connectivity index is 1.80. The normalized spacial score (nSPS) is 25.5. The van der Waals surface area contributed by atoms with E-state index in [1.165, 1.54) is 11.3 Å². The number of hydrogen-bond acceptors (Lipinski definition) is 4. The van der Waals surface area contributed by atoms with Crippen molar-refractivity contribution >= 4 is 17.2 Å². The fourth-order valence-electron chi connectivity index (χ4n) is 1.91. The van der Waals surface area contributed by atoms with Crippen molar-refractivity contribution in [3.8, 4) is 0 Å². The molecule has 0 saturated heterocycles. The average molecular weight is 269 g/mol. The van der Waals surface area contributed by atoms with Crippen LogP contribution in [0.3, 0.4) is 0 Å². The quantitative estimate of drug-likeness (QED) is 0.822. The van der Waals surface area contributed by atoms with E-state index in [9.17, 15) is 9.90 Å². The molecule has 1 aromatic rings. The Morgan fingerprint density at radius 1 is 1.72 bits per heavy atom. The van der Waals surface area contributed by atoms with Crippen molar-refractivity contribution in [2.75, 3.05) is 13.2 Å². The number of carbonyl (C=O) groups excluding carboxylic acids is 1. The largest absolute Gasteiger partial charge is 0.383 e. The third-order valence-electron chi connectivity index (χ3n) is 3.11. The average Bonchev–Trinajstić information content (AvgIpc) is 2.89. The number of ether oxygens (including phenoxy) is 1. The van der Waals surface area contributed by atoms with Gasteiger partial charge in [-0.2, -0.15) is 0 Å². The fraction of sp³-hybridized carbons (Fsp3) is 0.615. The van der Waals surface area contributed by atoms with Crippen LogP contribution in [0.5, 0.6) is 0 Å². The van der Waals surface area contributed by atoms with Gasteiger partial charge in [-0.1, -0.05) is 6.07 Å². The van der Waals surface area contributed by atoms with Crippen LogP contribution in [-0.4, -0.2) is 30.3 Å². The summed E-state index contributed by atoms with van der Waals surface area (Å²) in [6.07, 6.45) is 0.863. The van der Waals surface area contributed by atoms with Gasteiger partial charge in [-0.3, -0.25) is 4.79 Å². The Morgan fingerprint density at radius 2 is 2.50 bits per heavy atom. The number of rotatable bonds is 6. The molecular formula is C13H19NO3S. The van der Waals surface area contributed by atoms with Crippen LogP contribution < -0.4 is 5.32 Å². The number of thiophene rings is 1. The number of hydrogen-bond donors (Lipinski definition) is 2. The molecule has 1 fully saturated rings. The summed E-state index contributed by atoms with van der Waals surface area (Å²) >= 11 is 1.49. The molecule has 0 spiro atoms. The second kappa shape index (κ2) is 5.38. The first-order valence-electron chi connectivity index (χ1n) is 6.20. The molecule has 4 nitrogen and oxygen atoms in total. The Labute approximate surface area is 111 Å². The lowest BCUT2D eigenvalue weighted by Crippen LogP contribution is -2.39. The second-order valence-corrected chi connectivity index (χ2v) is 5.75. The Morgan fingerprint density at radius 3 is 3.11 bits per heavy atom.